The minimum absolute atomic E-state index is 0.163. The van der Waals surface area contributed by atoms with Gasteiger partial charge in [-0.25, -0.2) is 9.97 Å². The number of hydrogen-bond donors (Lipinski definition) is 2. The second-order valence-corrected chi connectivity index (χ2v) is 4.59. The molecule has 0 aliphatic carbocycles. The Hall–Kier alpha value is -1.72. The largest absolute Gasteiger partial charge is 0.320 e. The summed E-state index contributed by atoms with van der Waals surface area (Å²) in [4.78, 5) is 20.3. The standard InChI is InChI=1S/C13H15ClN4O/c1-2-5-8(15)13(19)18-12-11(14)16-9-6-3-4-7-10(9)17-12/h3-4,6-8H,2,5,15H2,1H3,(H,17,18,19)/t8-/m1/s1. The number of rotatable bonds is 4. The fraction of sp³-hybridized carbons (Fsp3) is 0.308. The van der Waals surface area contributed by atoms with E-state index < -0.39 is 6.04 Å². The molecule has 0 saturated heterocycles. The maximum atomic E-state index is 11.8. The van der Waals surface area contributed by atoms with E-state index in [9.17, 15) is 4.79 Å². The van der Waals surface area contributed by atoms with E-state index >= 15 is 0 Å². The predicted molar refractivity (Wildman–Crippen MR) is 76.1 cm³/mol. The minimum atomic E-state index is -0.561. The van der Waals surface area contributed by atoms with E-state index in [2.05, 4.69) is 15.3 Å². The summed E-state index contributed by atoms with van der Waals surface area (Å²) >= 11 is 6.00. The van der Waals surface area contributed by atoms with Gasteiger partial charge in [0, 0.05) is 0 Å². The molecule has 2 aromatic rings. The number of nitrogens with zero attached hydrogens (tertiary/aromatic N) is 2. The van der Waals surface area contributed by atoms with E-state index in [0.717, 1.165) is 6.42 Å². The Bertz CT molecular complexity index is 602. The molecule has 6 heteroatoms. The summed E-state index contributed by atoms with van der Waals surface area (Å²) in [5, 5.41) is 2.78. The van der Waals surface area contributed by atoms with Crippen LogP contribution in [0.2, 0.25) is 5.15 Å². The van der Waals surface area contributed by atoms with Crippen molar-refractivity contribution in [2.75, 3.05) is 5.32 Å². The van der Waals surface area contributed by atoms with Crippen molar-refractivity contribution in [1.82, 2.24) is 9.97 Å². The Kier molecular flexibility index (Phi) is 4.29. The third-order valence-corrected chi connectivity index (χ3v) is 2.97. The quantitative estimate of drug-likeness (QED) is 0.899. The number of nitrogens with two attached hydrogens (primary N) is 1. The van der Waals surface area contributed by atoms with Gasteiger partial charge in [0.1, 0.15) is 0 Å². The molecule has 0 radical (unpaired) electrons. The van der Waals surface area contributed by atoms with Crippen molar-refractivity contribution in [3.8, 4) is 0 Å². The lowest BCUT2D eigenvalue weighted by Crippen LogP contribution is -2.35. The summed E-state index contributed by atoms with van der Waals surface area (Å²) in [7, 11) is 0. The fourth-order valence-corrected chi connectivity index (χ4v) is 1.89. The Morgan fingerprint density at radius 3 is 2.63 bits per heavy atom. The molecule has 0 spiro atoms. The van der Waals surface area contributed by atoms with Gasteiger partial charge in [0.25, 0.3) is 0 Å². The summed E-state index contributed by atoms with van der Waals surface area (Å²) in [5.74, 6) is -0.0507. The Morgan fingerprint density at radius 1 is 1.37 bits per heavy atom. The van der Waals surface area contributed by atoms with Crippen molar-refractivity contribution in [3.63, 3.8) is 0 Å². The topological polar surface area (TPSA) is 80.9 Å². The second kappa shape index (κ2) is 5.95. The molecule has 2 rings (SSSR count). The van der Waals surface area contributed by atoms with Crippen LogP contribution in [0.5, 0.6) is 0 Å². The van der Waals surface area contributed by atoms with E-state index in [0.29, 0.717) is 17.5 Å². The maximum absolute atomic E-state index is 11.8. The van der Waals surface area contributed by atoms with Crippen LogP contribution in [0.15, 0.2) is 24.3 Å². The van der Waals surface area contributed by atoms with Crippen molar-refractivity contribution in [3.05, 3.63) is 29.4 Å². The Labute approximate surface area is 116 Å². The number of halogens is 1. The minimum Gasteiger partial charge on any atom is -0.320 e. The second-order valence-electron chi connectivity index (χ2n) is 4.24. The van der Waals surface area contributed by atoms with Crippen LogP contribution in [0, 0.1) is 0 Å². The summed E-state index contributed by atoms with van der Waals surface area (Å²) < 4.78 is 0. The first-order valence-corrected chi connectivity index (χ1v) is 6.48. The molecule has 0 aliphatic heterocycles. The molecule has 0 fully saturated rings. The van der Waals surface area contributed by atoms with Crippen molar-refractivity contribution in [2.45, 2.75) is 25.8 Å². The van der Waals surface area contributed by atoms with E-state index in [1.165, 1.54) is 0 Å². The monoisotopic (exact) mass is 278 g/mol. The maximum Gasteiger partial charge on any atom is 0.242 e. The lowest BCUT2D eigenvalue weighted by Gasteiger charge is -2.11. The number of anilines is 1. The molecule has 1 heterocycles. The van der Waals surface area contributed by atoms with Gasteiger partial charge in [-0.15, -0.1) is 0 Å². The highest BCUT2D eigenvalue weighted by atomic mass is 35.5. The molecule has 3 N–H and O–H groups in total. The van der Waals surface area contributed by atoms with Crippen LogP contribution in [0.3, 0.4) is 0 Å². The Balaban J connectivity index is 2.25. The van der Waals surface area contributed by atoms with Gasteiger partial charge < -0.3 is 11.1 Å². The first-order chi connectivity index (χ1) is 9.11. The number of aromatic nitrogens is 2. The summed E-state index contributed by atoms with van der Waals surface area (Å²) in [5.41, 5.74) is 7.09. The van der Waals surface area contributed by atoms with Gasteiger partial charge in [-0.2, -0.15) is 0 Å². The zero-order chi connectivity index (χ0) is 13.8. The van der Waals surface area contributed by atoms with Crippen LogP contribution in [-0.4, -0.2) is 21.9 Å². The van der Waals surface area contributed by atoms with Crippen LogP contribution < -0.4 is 11.1 Å². The summed E-state index contributed by atoms with van der Waals surface area (Å²) in [6, 6.07) is 6.75. The van der Waals surface area contributed by atoms with Crippen LogP contribution in [0.1, 0.15) is 19.8 Å². The van der Waals surface area contributed by atoms with Crippen molar-refractivity contribution < 1.29 is 4.79 Å². The normalized spacial score (nSPS) is 12.4. The lowest BCUT2D eigenvalue weighted by molar-refractivity contribution is -0.117. The molecule has 1 atom stereocenters. The molecule has 1 amide bonds. The van der Waals surface area contributed by atoms with Crippen LogP contribution in [0.25, 0.3) is 11.0 Å². The van der Waals surface area contributed by atoms with Crippen molar-refractivity contribution in [2.24, 2.45) is 5.73 Å². The van der Waals surface area contributed by atoms with Crippen molar-refractivity contribution >= 4 is 34.4 Å². The Morgan fingerprint density at radius 2 is 2.00 bits per heavy atom. The van der Waals surface area contributed by atoms with E-state index in [1.54, 1.807) is 6.07 Å². The van der Waals surface area contributed by atoms with E-state index in [1.807, 2.05) is 25.1 Å². The van der Waals surface area contributed by atoms with Gasteiger partial charge in [-0.05, 0) is 18.6 Å². The highest BCUT2D eigenvalue weighted by Crippen LogP contribution is 2.21. The zero-order valence-corrected chi connectivity index (χ0v) is 11.3. The average molecular weight is 279 g/mol. The van der Waals surface area contributed by atoms with Crippen LogP contribution in [-0.2, 0) is 4.79 Å². The molecule has 100 valence electrons. The first kappa shape index (κ1) is 13.7. The number of benzene rings is 1. The zero-order valence-electron chi connectivity index (χ0n) is 10.6. The average Bonchev–Trinajstić information content (AvgIpc) is 2.39. The van der Waals surface area contributed by atoms with Gasteiger partial charge >= 0.3 is 0 Å². The van der Waals surface area contributed by atoms with Gasteiger partial charge in [0.05, 0.1) is 17.1 Å². The molecular weight excluding hydrogens is 264 g/mol. The fourth-order valence-electron chi connectivity index (χ4n) is 1.71. The van der Waals surface area contributed by atoms with Gasteiger partial charge in [0.15, 0.2) is 11.0 Å². The molecule has 0 unspecified atom stereocenters. The molecule has 19 heavy (non-hydrogen) atoms. The number of carbonyl (C=O) groups is 1. The molecular formula is C13H15ClN4O. The number of fused-ring (bicyclic) bond motifs is 1. The van der Waals surface area contributed by atoms with Crippen LogP contribution >= 0.6 is 11.6 Å². The van der Waals surface area contributed by atoms with Gasteiger partial charge in [-0.1, -0.05) is 37.1 Å². The first-order valence-electron chi connectivity index (χ1n) is 6.10. The predicted octanol–water partition coefficient (Wildman–Crippen LogP) is 2.35. The molecule has 5 nitrogen and oxygen atoms in total. The molecule has 0 bridgehead atoms. The smallest absolute Gasteiger partial charge is 0.242 e. The number of nitrogens with one attached hydrogen (secondary N) is 1. The molecule has 1 aromatic carbocycles. The number of hydrogen-bond acceptors (Lipinski definition) is 4. The van der Waals surface area contributed by atoms with Gasteiger partial charge in [-0.3, -0.25) is 4.79 Å². The summed E-state index contributed by atoms with van der Waals surface area (Å²) in [6.07, 6.45) is 1.45. The highest BCUT2D eigenvalue weighted by Gasteiger charge is 2.15. The third-order valence-electron chi connectivity index (χ3n) is 2.71. The van der Waals surface area contributed by atoms with Crippen molar-refractivity contribution in [1.29, 1.82) is 0 Å². The van der Waals surface area contributed by atoms with E-state index in [-0.39, 0.29) is 16.9 Å². The molecule has 0 saturated carbocycles. The van der Waals surface area contributed by atoms with E-state index in [4.69, 9.17) is 17.3 Å². The molecule has 1 aromatic heterocycles. The van der Waals surface area contributed by atoms with Gasteiger partial charge in [0.2, 0.25) is 5.91 Å². The van der Waals surface area contributed by atoms with Crippen LogP contribution in [0.4, 0.5) is 5.82 Å². The lowest BCUT2D eigenvalue weighted by atomic mass is 10.2. The highest BCUT2D eigenvalue weighted by molar-refractivity contribution is 6.32. The number of amides is 1. The number of carbonyl (C=O) groups excluding carboxylic acids is 1. The molecule has 0 aliphatic rings. The third kappa shape index (κ3) is 3.19. The summed E-state index contributed by atoms with van der Waals surface area (Å²) in [6.45, 7) is 1.97. The number of para-hydroxylation sites is 2. The SMILES string of the molecule is CCC[C@@H](N)C(=O)Nc1nc2ccccc2nc1Cl.